The van der Waals surface area contributed by atoms with E-state index in [2.05, 4.69) is 62.7 Å². The standard InChI is InChI=1S/C21H37N5.HI/c1-3-25-16-18-26(19-17-25)15-8-7-13-23-21(22-2)24-14-9-12-20-10-5-4-6-11-20;/h4-6,10-11H,3,7-9,12-19H2,1-2H3,(H2,22,23,24);1H. The molecule has 0 bridgehead atoms. The Kier molecular flexibility index (Phi) is 13.5. The third kappa shape index (κ3) is 10.3. The number of hydrogen-bond donors (Lipinski definition) is 2. The fourth-order valence-corrected chi connectivity index (χ4v) is 3.36. The summed E-state index contributed by atoms with van der Waals surface area (Å²) >= 11 is 0. The molecule has 0 saturated carbocycles. The van der Waals surface area contributed by atoms with Gasteiger partial charge in [0, 0.05) is 46.3 Å². The van der Waals surface area contributed by atoms with E-state index in [-0.39, 0.29) is 24.0 Å². The first-order chi connectivity index (χ1) is 12.8. The summed E-state index contributed by atoms with van der Waals surface area (Å²) in [6.07, 6.45) is 4.67. The van der Waals surface area contributed by atoms with Crippen molar-refractivity contribution < 1.29 is 0 Å². The lowest BCUT2D eigenvalue weighted by Gasteiger charge is -2.34. The average Bonchev–Trinajstić information content (AvgIpc) is 2.70. The van der Waals surface area contributed by atoms with Crippen LogP contribution in [-0.4, -0.2) is 75.2 Å². The van der Waals surface area contributed by atoms with Crippen LogP contribution >= 0.6 is 24.0 Å². The highest BCUT2D eigenvalue weighted by Crippen LogP contribution is 2.03. The number of rotatable bonds is 10. The number of hydrogen-bond acceptors (Lipinski definition) is 3. The molecular formula is C21H38IN5. The SMILES string of the molecule is CCN1CCN(CCCCNC(=NC)NCCCc2ccccc2)CC1.I. The molecule has 154 valence electrons. The van der Waals surface area contributed by atoms with Gasteiger partial charge >= 0.3 is 0 Å². The fourth-order valence-electron chi connectivity index (χ4n) is 3.36. The van der Waals surface area contributed by atoms with E-state index in [1.165, 1.54) is 57.7 Å². The van der Waals surface area contributed by atoms with Gasteiger partial charge in [-0.15, -0.1) is 24.0 Å². The Balaban J connectivity index is 0.00000364. The minimum absolute atomic E-state index is 0. The Morgan fingerprint density at radius 2 is 1.56 bits per heavy atom. The fraction of sp³-hybridized carbons (Fsp3) is 0.667. The van der Waals surface area contributed by atoms with Crippen molar-refractivity contribution in [3.63, 3.8) is 0 Å². The topological polar surface area (TPSA) is 42.9 Å². The molecule has 0 atom stereocenters. The smallest absolute Gasteiger partial charge is 0.190 e. The molecule has 5 nitrogen and oxygen atoms in total. The van der Waals surface area contributed by atoms with Crippen LogP contribution in [0.2, 0.25) is 0 Å². The lowest BCUT2D eigenvalue weighted by atomic mass is 10.1. The molecule has 1 fully saturated rings. The number of nitrogens with zero attached hydrogens (tertiary/aromatic N) is 3. The molecule has 0 radical (unpaired) electrons. The van der Waals surface area contributed by atoms with E-state index in [1.54, 1.807) is 0 Å². The number of likely N-dealkylation sites (N-methyl/N-ethyl adjacent to an activating group) is 1. The number of halogens is 1. The van der Waals surface area contributed by atoms with Crippen molar-refractivity contribution >= 4 is 29.9 Å². The molecule has 1 saturated heterocycles. The van der Waals surface area contributed by atoms with Gasteiger partial charge in [-0.1, -0.05) is 37.3 Å². The molecule has 1 aromatic rings. The first-order valence-electron chi connectivity index (χ1n) is 10.2. The van der Waals surface area contributed by atoms with Gasteiger partial charge < -0.3 is 20.4 Å². The molecule has 1 heterocycles. The Hall–Kier alpha value is -0.860. The summed E-state index contributed by atoms with van der Waals surface area (Å²) in [7, 11) is 1.85. The van der Waals surface area contributed by atoms with E-state index >= 15 is 0 Å². The predicted octanol–water partition coefficient (Wildman–Crippen LogP) is 2.82. The van der Waals surface area contributed by atoms with E-state index in [1.807, 2.05) is 7.05 Å². The van der Waals surface area contributed by atoms with Crippen molar-refractivity contribution in [2.75, 3.05) is 59.4 Å². The van der Waals surface area contributed by atoms with Crippen LogP contribution < -0.4 is 10.6 Å². The first kappa shape index (κ1) is 24.2. The monoisotopic (exact) mass is 487 g/mol. The number of benzene rings is 1. The molecule has 2 N–H and O–H groups in total. The molecule has 0 spiro atoms. The summed E-state index contributed by atoms with van der Waals surface area (Å²) in [6.45, 7) is 11.5. The summed E-state index contributed by atoms with van der Waals surface area (Å²) in [4.78, 5) is 9.45. The molecule has 0 aliphatic carbocycles. The number of aliphatic imine (C=N–C) groups is 1. The zero-order chi connectivity index (χ0) is 18.5. The van der Waals surface area contributed by atoms with Gasteiger partial charge in [0.15, 0.2) is 5.96 Å². The number of unbranched alkanes of at least 4 members (excludes halogenated alkanes) is 1. The second kappa shape index (κ2) is 15.1. The zero-order valence-electron chi connectivity index (χ0n) is 17.1. The van der Waals surface area contributed by atoms with Crippen LogP contribution in [0.5, 0.6) is 0 Å². The number of guanidine groups is 1. The lowest BCUT2D eigenvalue weighted by Crippen LogP contribution is -2.46. The van der Waals surface area contributed by atoms with Gasteiger partial charge in [0.25, 0.3) is 0 Å². The van der Waals surface area contributed by atoms with Crippen LogP contribution in [0.4, 0.5) is 0 Å². The lowest BCUT2D eigenvalue weighted by molar-refractivity contribution is 0.136. The largest absolute Gasteiger partial charge is 0.356 e. The number of nitrogens with one attached hydrogen (secondary N) is 2. The molecule has 1 aromatic carbocycles. The van der Waals surface area contributed by atoms with Crippen molar-refractivity contribution in [2.24, 2.45) is 4.99 Å². The molecule has 27 heavy (non-hydrogen) atoms. The van der Waals surface area contributed by atoms with Crippen molar-refractivity contribution in [1.82, 2.24) is 20.4 Å². The Morgan fingerprint density at radius 3 is 2.19 bits per heavy atom. The van der Waals surface area contributed by atoms with Crippen LogP contribution in [0.1, 0.15) is 31.7 Å². The molecule has 6 heteroatoms. The van der Waals surface area contributed by atoms with Gasteiger partial charge in [-0.25, -0.2) is 0 Å². The second-order valence-corrected chi connectivity index (χ2v) is 7.00. The van der Waals surface area contributed by atoms with Gasteiger partial charge in [0.05, 0.1) is 0 Å². The highest BCUT2D eigenvalue weighted by Gasteiger charge is 2.14. The minimum atomic E-state index is 0. The first-order valence-corrected chi connectivity index (χ1v) is 10.2. The van der Waals surface area contributed by atoms with Gasteiger partial charge in [0.1, 0.15) is 0 Å². The summed E-state index contributed by atoms with van der Waals surface area (Å²) in [6, 6.07) is 10.7. The quantitative estimate of drug-likeness (QED) is 0.231. The predicted molar refractivity (Wildman–Crippen MR) is 127 cm³/mol. The highest BCUT2D eigenvalue weighted by atomic mass is 127. The summed E-state index contributed by atoms with van der Waals surface area (Å²) < 4.78 is 0. The second-order valence-electron chi connectivity index (χ2n) is 7.00. The third-order valence-electron chi connectivity index (χ3n) is 5.11. The van der Waals surface area contributed by atoms with E-state index < -0.39 is 0 Å². The zero-order valence-corrected chi connectivity index (χ0v) is 19.5. The Labute approximate surface area is 183 Å². The van der Waals surface area contributed by atoms with E-state index in [0.717, 1.165) is 31.9 Å². The van der Waals surface area contributed by atoms with E-state index in [9.17, 15) is 0 Å². The van der Waals surface area contributed by atoms with Crippen LogP contribution in [0.3, 0.4) is 0 Å². The maximum atomic E-state index is 4.32. The van der Waals surface area contributed by atoms with Gasteiger partial charge in [-0.2, -0.15) is 0 Å². The van der Waals surface area contributed by atoms with Gasteiger partial charge in [-0.05, 0) is 44.3 Å². The maximum absolute atomic E-state index is 4.32. The minimum Gasteiger partial charge on any atom is -0.356 e. The number of aryl methyl sites for hydroxylation is 1. The van der Waals surface area contributed by atoms with Crippen molar-refractivity contribution in [3.05, 3.63) is 35.9 Å². The summed E-state index contributed by atoms with van der Waals surface area (Å²) in [5, 5.41) is 6.85. The summed E-state index contributed by atoms with van der Waals surface area (Å²) in [5.41, 5.74) is 1.40. The van der Waals surface area contributed by atoms with Gasteiger partial charge in [0.2, 0.25) is 0 Å². The average molecular weight is 487 g/mol. The third-order valence-corrected chi connectivity index (χ3v) is 5.11. The summed E-state index contributed by atoms with van der Waals surface area (Å²) in [5.74, 6) is 0.926. The molecule has 1 aliphatic heterocycles. The highest BCUT2D eigenvalue weighted by molar-refractivity contribution is 14.0. The molecule has 0 amide bonds. The van der Waals surface area contributed by atoms with Gasteiger partial charge in [-0.3, -0.25) is 4.99 Å². The molecule has 0 unspecified atom stereocenters. The molecular weight excluding hydrogens is 449 g/mol. The molecule has 0 aromatic heterocycles. The van der Waals surface area contributed by atoms with Crippen LogP contribution in [0.15, 0.2) is 35.3 Å². The number of piperazine rings is 1. The Morgan fingerprint density at radius 1 is 0.926 bits per heavy atom. The van der Waals surface area contributed by atoms with Crippen molar-refractivity contribution in [3.8, 4) is 0 Å². The normalized spacial score (nSPS) is 16.0. The van der Waals surface area contributed by atoms with Crippen LogP contribution in [-0.2, 0) is 6.42 Å². The molecule has 2 rings (SSSR count). The molecule has 1 aliphatic rings. The van der Waals surface area contributed by atoms with Crippen molar-refractivity contribution in [2.45, 2.75) is 32.6 Å². The van der Waals surface area contributed by atoms with Crippen LogP contribution in [0, 0.1) is 0 Å². The van der Waals surface area contributed by atoms with Crippen LogP contribution in [0.25, 0.3) is 0 Å². The van der Waals surface area contributed by atoms with E-state index in [0.29, 0.717) is 0 Å². The maximum Gasteiger partial charge on any atom is 0.190 e. The van der Waals surface area contributed by atoms with Crippen molar-refractivity contribution in [1.29, 1.82) is 0 Å². The Bertz CT molecular complexity index is 501. The van der Waals surface area contributed by atoms with E-state index in [4.69, 9.17) is 0 Å².